The second-order valence-electron chi connectivity index (χ2n) is 7.22. The molecule has 2 aromatic rings. The Morgan fingerprint density at radius 2 is 1.96 bits per heavy atom. The zero-order chi connectivity index (χ0) is 17.4. The molecule has 0 spiro atoms. The fourth-order valence-electron chi connectivity index (χ4n) is 3.98. The Hall–Kier alpha value is -2.34. The smallest absolute Gasteiger partial charge is 0.321 e. The quantitative estimate of drug-likeness (QED) is 0.785. The molecule has 1 aliphatic carbocycles. The van der Waals surface area contributed by atoms with Crippen LogP contribution in [-0.4, -0.2) is 39.7 Å². The van der Waals surface area contributed by atoms with E-state index in [4.69, 9.17) is 0 Å². The fraction of sp³-hybridized carbons (Fsp3) is 0.474. The van der Waals surface area contributed by atoms with E-state index < -0.39 is 5.60 Å². The minimum Gasteiger partial charge on any atom is -0.389 e. The number of fused-ring (bicyclic) bond motifs is 1. The predicted molar refractivity (Wildman–Crippen MR) is 96.7 cm³/mol. The molecule has 6 nitrogen and oxygen atoms in total. The molecule has 25 heavy (non-hydrogen) atoms. The number of likely N-dealkylation sites (tertiary alicyclic amines) is 1. The van der Waals surface area contributed by atoms with Gasteiger partial charge in [-0.2, -0.15) is 0 Å². The van der Waals surface area contributed by atoms with Crippen LogP contribution < -0.4 is 10.9 Å². The van der Waals surface area contributed by atoms with Crippen molar-refractivity contribution in [1.29, 1.82) is 0 Å². The predicted octanol–water partition coefficient (Wildman–Crippen LogP) is 2.69. The monoisotopic (exact) mass is 341 g/mol. The average Bonchev–Trinajstić information content (AvgIpc) is 2.54. The first-order chi connectivity index (χ1) is 12.1. The van der Waals surface area contributed by atoms with E-state index in [1.165, 1.54) is 6.42 Å². The minimum atomic E-state index is -0.595. The van der Waals surface area contributed by atoms with Crippen molar-refractivity contribution in [1.82, 2.24) is 9.88 Å². The lowest BCUT2D eigenvalue weighted by molar-refractivity contribution is -0.0845. The van der Waals surface area contributed by atoms with E-state index in [0.717, 1.165) is 18.2 Å². The van der Waals surface area contributed by atoms with Crippen molar-refractivity contribution in [2.45, 2.75) is 37.7 Å². The molecule has 0 atom stereocenters. The summed E-state index contributed by atoms with van der Waals surface area (Å²) in [4.78, 5) is 28.9. The number of hydrogen-bond acceptors (Lipinski definition) is 3. The van der Waals surface area contributed by atoms with Crippen molar-refractivity contribution in [2.24, 2.45) is 5.92 Å². The van der Waals surface area contributed by atoms with Gasteiger partial charge < -0.3 is 20.3 Å². The summed E-state index contributed by atoms with van der Waals surface area (Å²) in [5.74, 6) is 0.405. The fourth-order valence-corrected chi connectivity index (χ4v) is 3.98. The molecule has 0 radical (unpaired) electrons. The van der Waals surface area contributed by atoms with Gasteiger partial charge >= 0.3 is 6.03 Å². The van der Waals surface area contributed by atoms with Crippen LogP contribution in [-0.2, 0) is 0 Å². The highest BCUT2D eigenvalue weighted by Crippen LogP contribution is 2.41. The Labute approximate surface area is 145 Å². The molecule has 2 aliphatic rings. The van der Waals surface area contributed by atoms with Gasteiger partial charge in [-0.3, -0.25) is 4.79 Å². The van der Waals surface area contributed by atoms with E-state index in [1.54, 1.807) is 35.4 Å². The van der Waals surface area contributed by atoms with Crippen molar-refractivity contribution in [3.63, 3.8) is 0 Å². The Balaban J connectivity index is 1.46. The number of anilines is 1. The minimum absolute atomic E-state index is 0.169. The summed E-state index contributed by atoms with van der Waals surface area (Å²) in [6, 6.07) is 6.91. The molecule has 2 amide bonds. The van der Waals surface area contributed by atoms with Crippen molar-refractivity contribution in [3.05, 3.63) is 40.8 Å². The van der Waals surface area contributed by atoms with E-state index in [2.05, 4.69) is 10.3 Å². The number of amides is 2. The first-order valence-corrected chi connectivity index (χ1v) is 8.95. The Morgan fingerprint density at radius 1 is 1.20 bits per heavy atom. The number of aliphatic hydroxyl groups is 1. The molecule has 1 saturated heterocycles. The van der Waals surface area contributed by atoms with Crippen molar-refractivity contribution >= 4 is 22.5 Å². The van der Waals surface area contributed by atoms with Crippen molar-refractivity contribution in [2.75, 3.05) is 18.4 Å². The number of hydrogen-bond donors (Lipinski definition) is 3. The number of benzene rings is 1. The lowest BCUT2D eigenvalue weighted by Crippen LogP contribution is -2.52. The maximum atomic E-state index is 12.6. The van der Waals surface area contributed by atoms with Crippen LogP contribution >= 0.6 is 0 Å². The molecular weight excluding hydrogens is 318 g/mol. The van der Waals surface area contributed by atoms with E-state index in [-0.39, 0.29) is 11.6 Å². The van der Waals surface area contributed by atoms with Crippen LogP contribution in [0.5, 0.6) is 0 Å². The summed E-state index contributed by atoms with van der Waals surface area (Å²) in [5.41, 5.74) is -0.132. The third kappa shape index (κ3) is 2.91. The molecule has 2 heterocycles. The molecule has 0 bridgehead atoms. The maximum Gasteiger partial charge on any atom is 0.321 e. The summed E-state index contributed by atoms with van der Waals surface area (Å²) in [6.45, 7) is 1.12. The second-order valence-corrected chi connectivity index (χ2v) is 7.22. The van der Waals surface area contributed by atoms with Crippen LogP contribution in [0.2, 0.25) is 0 Å². The number of carbonyl (C=O) groups excluding carboxylic acids is 1. The van der Waals surface area contributed by atoms with Gasteiger partial charge in [-0.1, -0.05) is 12.5 Å². The van der Waals surface area contributed by atoms with Crippen LogP contribution in [0.3, 0.4) is 0 Å². The van der Waals surface area contributed by atoms with Crippen LogP contribution in [0, 0.1) is 5.92 Å². The van der Waals surface area contributed by atoms with E-state index in [1.807, 2.05) is 0 Å². The third-order valence-electron chi connectivity index (χ3n) is 5.84. The van der Waals surface area contributed by atoms with Gasteiger partial charge in [0, 0.05) is 30.1 Å². The first-order valence-electron chi connectivity index (χ1n) is 8.95. The molecule has 2 fully saturated rings. The molecular formula is C19H23N3O3. The summed E-state index contributed by atoms with van der Waals surface area (Å²) in [6.07, 6.45) is 6.28. The van der Waals surface area contributed by atoms with Gasteiger partial charge in [-0.05, 0) is 49.8 Å². The average molecular weight is 341 g/mol. The van der Waals surface area contributed by atoms with Gasteiger partial charge in [0.15, 0.2) is 0 Å². The number of urea groups is 1. The van der Waals surface area contributed by atoms with Crippen LogP contribution in [0.15, 0.2) is 35.3 Å². The van der Waals surface area contributed by atoms with Gasteiger partial charge in [-0.25, -0.2) is 4.79 Å². The van der Waals surface area contributed by atoms with E-state index in [0.29, 0.717) is 42.9 Å². The number of H-pyrrole nitrogens is 1. The molecule has 6 heteroatoms. The van der Waals surface area contributed by atoms with E-state index in [9.17, 15) is 14.7 Å². The first kappa shape index (κ1) is 16.1. The van der Waals surface area contributed by atoms with Crippen molar-refractivity contribution in [3.8, 4) is 0 Å². The van der Waals surface area contributed by atoms with Gasteiger partial charge in [0.2, 0.25) is 0 Å². The molecule has 1 aromatic carbocycles. The SMILES string of the molecule is O=C(Nc1cccc2c(=O)[nH]ccc12)N1CCC(O)(C2CCC2)CC1. The highest BCUT2D eigenvalue weighted by molar-refractivity contribution is 6.01. The Kier molecular flexibility index (Phi) is 4.00. The van der Waals surface area contributed by atoms with Gasteiger partial charge in [0.25, 0.3) is 5.56 Å². The number of nitrogens with zero attached hydrogens (tertiary/aromatic N) is 1. The Bertz CT molecular complexity index is 848. The zero-order valence-corrected chi connectivity index (χ0v) is 14.1. The number of aromatic amines is 1. The molecule has 4 rings (SSSR count). The lowest BCUT2D eigenvalue weighted by Gasteiger charge is -2.46. The molecule has 1 saturated carbocycles. The molecule has 132 valence electrons. The third-order valence-corrected chi connectivity index (χ3v) is 5.84. The number of nitrogens with one attached hydrogen (secondary N) is 2. The highest BCUT2D eigenvalue weighted by atomic mass is 16.3. The molecule has 3 N–H and O–H groups in total. The number of piperidine rings is 1. The van der Waals surface area contributed by atoms with E-state index >= 15 is 0 Å². The zero-order valence-electron chi connectivity index (χ0n) is 14.1. The van der Waals surface area contributed by atoms with Gasteiger partial charge in [-0.15, -0.1) is 0 Å². The maximum absolute atomic E-state index is 12.6. The van der Waals surface area contributed by atoms with Crippen LogP contribution in [0.1, 0.15) is 32.1 Å². The summed E-state index contributed by atoms with van der Waals surface area (Å²) in [7, 11) is 0. The lowest BCUT2D eigenvalue weighted by atomic mass is 9.69. The topological polar surface area (TPSA) is 85.4 Å². The molecule has 1 aliphatic heterocycles. The number of rotatable bonds is 2. The second kappa shape index (κ2) is 6.19. The molecule has 0 unspecified atom stereocenters. The summed E-state index contributed by atoms with van der Waals surface area (Å²) >= 11 is 0. The van der Waals surface area contributed by atoms with Crippen LogP contribution in [0.25, 0.3) is 10.8 Å². The normalized spacial score (nSPS) is 20.3. The van der Waals surface area contributed by atoms with Gasteiger partial charge in [0.05, 0.1) is 11.3 Å². The largest absolute Gasteiger partial charge is 0.389 e. The number of aromatic nitrogens is 1. The summed E-state index contributed by atoms with van der Waals surface area (Å²) < 4.78 is 0. The summed E-state index contributed by atoms with van der Waals surface area (Å²) in [5, 5.41) is 15.0. The van der Waals surface area contributed by atoms with Crippen molar-refractivity contribution < 1.29 is 9.90 Å². The Morgan fingerprint density at radius 3 is 2.64 bits per heavy atom. The molecule has 1 aromatic heterocycles. The van der Waals surface area contributed by atoms with Gasteiger partial charge in [0.1, 0.15) is 0 Å². The number of carbonyl (C=O) groups is 1. The standard InChI is InChI=1S/C19H23N3O3/c23-17-15-5-2-6-16(14(15)7-10-20-17)21-18(24)22-11-8-19(25,9-12-22)13-3-1-4-13/h2,5-7,10,13,25H,1,3-4,8-9,11-12H2,(H,20,23)(H,21,24). The number of pyridine rings is 1. The highest BCUT2D eigenvalue weighted by Gasteiger charge is 2.42. The van der Waals surface area contributed by atoms with Crippen LogP contribution in [0.4, 0.5) is 10.5 Å².